The maximum absolute atomic E-state index is 9.10. The fraction of sp³-hybridized carbons (Fsp3) is 0.227. The zero-order valence-electron chi connectivity index (χ0n) is 16.9. The van der Waals surface area contributed by atoms with Crippen molar-refractivity contribution in [3.63, 3.8) is 0 Å². The molecular formula is C22H23Cl2N3O4. The minimum atomic E-state index is -1.82. The van der Waals surface area contributed by atoms with E-state index in [1.165, 1.54) is 5.56 Å². The monoisotopic (exact) mass is 463 g/mol. The van der Waals surface area contributed by atoms with Crippen LogP contribution in [0.5, 0.6) is 0 Å². The van der Waals surface area contributed by atoms with Crippen molar-refractivity contribution in [2.45, 2.75) is 26.4 Å². The van der Waals surface area contributed by atoms with Gasteiger partial charge in [-0.25, -0.2) is 14.3 Å². The first-order chi connectivity index (χ1) is 14.8. The summed E-state index contributed by atoms with van der Waals surface area (Å²) in [6.45, 7) is 4.26. The van der Waals surface area contributed by atoms with Crippen LogP contribution < -0.4 is 5.32 Å². The van der Waals surface area contributed by atoms with Crippen molar-refractivity contribution in [2.75, 3.05) is 6.54 Å². The van der Waals surface area contributed by atoms with Gasteiger partial charge >= 0.3 is 11.9 Å². The first kappa shape index (κ1) is 24.4. The number of aliphatic carboxylic acids is 2. The lowest BCUT2D eigenvalue weighted by atomic mass is 10.1. The number of nitrogens with one attached hydrogen (secondary N) is 1. The van der Waals surface area contributed by atoms with E-state index in [2.05, 4.69) is 34.7 Å². The van der Waals surface area contributed by atoms with Gasteiger partial charge in [0, 0.05) is 17.1 Å². The molecule has 1 heterocycles. The molecule has 3 aromatic rings. The van der Waals surface area contributed by atoms with Gasteiger partial charge in [-0.2, -0.15) is 5.10 Å². The summed E-state index contributed by atoms with van der Waals surface area (Å²) in [6.07, 6.45) is 0.996. The highest BCUT2D eigenvalue weighted by molar-refractivity contribution is 6.30. The maximum atomic E-state index is 9.10. The fourth-order valence-corrected chi connectivity index (χ4v) is 3.18. The van der Waals surface area contributed by atoms with E-state index in [1.807, 2.05) is 41.9 Å². The topological polar surface area (TPSA) is 104 Å². The van der Waals surface area contributed by atoms with Crippen molar-refractivity contribution >= 4 is 35.1 Å². The average molecular weight is 464 g/mol. The van der Waals surface area contributed by atoms with Crippen molar-refractivity contribution in [3.8, 4) is 0 Å². The normalized spacial score (nSPS) is 10.3. The molecule has 0 amide bonds. The number of carboxylic acids is 2. The van der Waals surface area contributed by atoms with Gasteiger partial charge in [-0.15, -0.1) is 0 Å². The summed E-state index contributed by atoms with van der Waals surface area (Å²) in [5, 5.41) is 24.2. The molecule has 0 aliphatic rings. The first-order valence-electron chi connectivity index (χ1n) is 9.45. The Balaban J connectivity index is 0.000000501. The summed E-state index contributed by atoms with van der Waals surface area (Å²) in [5.74, 6) is -3.65. The number of carbonyl (C=O) groups is 2. The van der Waals surface area contributed by atoms with Crippen LogP contribution in [0.3, 0.4) is 0 Å². The third kappa shape index (κ3) is 8.05. The molecule has 0 atom stereocenters. The lowest BCUT2D eigenvalue weighted by molar-refractivity contribution is -0.159. The van der Waals surface area contributed by atoms with Gasteiger partial charge in [-0.3, -0.25) is 0 Å². The number of hydrogen-bond acceptors (Lipinski definition) is 4. The molecule has 0 fully saturated rings. The Morgan fingerprint density at radius 2 is 1.58 bits per heavy atom. The second-order valence-electron chi connectivity index (χ2n) is 6.66. The summed E-state index contributed by atoms with van der Waals surface area (Å²) >= 11 is 12.5. The molecule has 3 rings (SSSR count). The molecule has 9 heteroatoms. The molecule has 31 heavy (non-hydrogen) atoms. The molecule has 0 bridgehead atoms. The number of hydrogen-bond donors (Lipinski definition) is 3. The Morgan fingerprint density at radius 3 is 2.16 bits per heavy atom. The molecular weight excluding hydrogens is 441 g/mol. The predicted octanol–water partition coefficient (Wildman–Crippen LogP) is 4.03. The minimum absolute atomic E-state index is 0.640. The number of aromatic nitrogens is 2. The smallest absolute Gasteiger partial charge is 0.414 e. The van der Waals surface area contributed by atoms with Gasteiger partial charge in [0.2, 0.25) is 0 Å². The summed E-state index contributed by atoms with van der Waals surface area (Å²) in [7, 11) is 0. The molecule has 0 aliphatic carbocycles. The summed E-state index contributed by atoms with van der Waals surface area (Å²) in [4.78, 5) is 18.2. The Morgan fingerprint density at radius 1 is 0.968 bits per heavy atom. The van der Waals surface area contributed by atoms with Crippen LogP contribution in [0.2, 0.25) is 10.2 Å². The van der Waals surface area contributed by atoms with Gasteiger partial charge in [0.15, 0.2) is 0 Å². The lowest BCUT2D eigenvalue weighted by Crippen LogP contribution is -2.17. The Labute approximate surface area is 190 Å². The van der Waals surface area contributed by atoms with Gasteiger partial charge in [0.1, 0.15) is 5.15 Å². The Bertz CT molecular complexity index is 994. The molecule has 0 saturated carbocycles. The van der Waals surface area contributed by atoms with Gasteiger partial charge in [0.25, 0.3) is 0 Å². The van der Waals surface area contributed by atoms with Gasteiger partial charge in [-0.05, 0) is 43.1 Å². The van der Waals surface area contributed by atoms with Crippen LogP contribution in [0.1, 0.15) is 22.4 Å². The zero-order valence-corrected chi connectivity index (χ0v) is 18.4. The quantitative estimate of drug-likeness (QED) is 0.360. The fourth-order valence-electron chi connectivity index (χ4n) is 2.75. The highest BCUT2D eigenvalue weighted by atomic mass is 35.5. The number of nitrogens with zero attached hydrogens (tertiary/aromatic N) is 2. The summed E-state index contributed by atoms with van der Waals surface area (Å²) in [5.41, 5.74) is 4.48. The molecule has 0 saturated heterocycles. The number of aryl methyl sites for hydroxylation is 1. The summed E-state index contributed by atoms with van der Waals surface area (Å²) < 4.78 is 1.84. The van der Waals surface area contributed by atoms with Crippen LogP contribution in [-0.2, 0) is 29.1 Å². The molecule has 1 aromatic heterocycles. The van der Waals surface area contributed by atoms with Crippen molar-refractivity contribution < 1.29 is 19.8 Å². The summed E-state index contributed by atoms with van der Waals surface area (Å²) in [6, 6.07) is 18.2. The van der Waals surface area contributed by atoms with Crippen molar-refractivity contribution in [1.29, 1.82) is 0 Å². The van der Waals surface area contributed by atoms with Gasteiger partial charge < -0.3 is 15.5 Å². The molecule has 0 radical (unpaired) electrons. The van der Waals surface area contributed by atoms with Crippen LogP contribution in [0.4, 0.5) is 0 Å². The number of rotatable bonds is 7. The molecule has 2 aromatic carbocycles. The minimum Gasteiger partial charge on any atom is -0.473 e. The Kier molecular flexibility index (Phi) is 9.52. The molecule has 164 valence electrons. The van der Waals surface area contributed by atoms with Crippen LogP contribution in [-0.4, -0.2) is 38.5 Å². The molecule has 7 nitrogen and oxygen atoms in total. The van der Waals surface area contributed by atoms with Crippen molar-refractivity contribution in [2.24, 2.45) is 0 Å². The second kappa shape index (κ2) is 12.1. The van der Waals surface area contributed by atoms with Crippen LogP contribution in [0.15, 0.2) is 54.6 Å². The van der Waals surface area contributed by atoms with Crippen molar-refractivity contribution in [1.82, 2.24) is 15.1 Å². The van der Waals surface area contributed by atoms with Gasteiger partial charge in [0.05, 0.1) is 12.2 Å². The van der Waals surface area contributed by atoms with Crippen LogP contribution in [0, 0.1) is 6.92 Å². The Hall–Kier alpha value is -2.87. The van der Waals surface area contributed by atoms with E-state index in [4.69, 9.17) is 43.0 Å². The van der Waals surface area contributed by atoms with E-state index < -0.39 is 11.9 Å². The average Bonchev–Trinajstić information content (AvgIpc) is 3.01. The highest BCUT2D eigenvalue weighted by Gasteiger charge is 2.13. The van der Waals surface area contributed by atoms with E-state index in [0.717, 1.165) is 41.4 Å². The molecule has 0 aliphatic heterocycles. The van der Waals surface area contributed by atoms with Gasteiger partial charge in [-0.1, -0.05) is 65.7 Å². The zero-order chi connectivity index (χ0) is 22.8. The van der Waals surface area contributed by atoms with Crippen molar-refractivity contribution in [3.05, 3.63) is 87.2 Å². The van der Waals surface area contributed by atoms with E-state index in [-0.39, 0.29) is 0 Å². The number of halogens is 2. The maximum Gasteiger partial charge on any atom is 0.414 e. The van der Waals surface area contributed by atoms with E-state index in [0.29, 0.717) is 11.7 Å². The van der Waals surface area contributed by atoms with E-state index in [1.54, 1.807) is 0 Å². The molecule has 0 spiro atoms. The standard InChI is InChI=1S/C20H21Cl2N3.C2H2O4/c1-15-19(13-23-12-11-16-5-3-2-4-6-16)20(22)25(24-15)14-17-7-9-18(21)10-8-17;3-1(4)2(5)6/h2-10,23H,11-14H2,1H3;(H,3,4)(H,5,6). The van der Waals surface area contributed by atoms with Crippen LogP contribution in [0.25, 0.3) is 0 Å². The SMILES string of the molecule is Cc1nn(Cc2ccc(Cl)cc2)c(Cl)c1CNCCc1ccccc1.O=C(O)C(=O)O. The second-order valence-corrected chi connectivity index (χ2v) is 7.46. The number of benzene rings is 2. The molecule has 3 N–H and O–H groups in total. The molecule has 0 unspecified atom stereocenters. The highest BCUT2D eigenvalue weighted by Crippen LogP contribution is 2.21. The number of carboxylic acid groups (broad SMARTS) is 2. The van der Waals surface area contributed by atoms with Crippen LogP contribution >= 0.6 is 23.2 Å². The van der Waals surface area contributed by atoms with E-state index in [9.17, 15) is 0 Å². The first-order valence-corrected chi connectivity index (χ1v) is 10.2. The lowest BCUT2D eigenvalue weighted by Gasteiger charge is -2.06. The third-order valence-corrected chi connectivity index (χ3v) is 5.02. The third-order valence-electron chi connectivity index (χ3n) is 4.35. The van der Waals surface area contributed by atoms with E-state index >= 15 is 0 Å². The predicted molar refractivity (Wildman–Crippen MR) is 120 cm³/mol. The largest absolute Gasteiger partial charge is 0.473 e.